The van der Waals surface area contributed by atoms with E-state index in [0.29, 0.717) is 30.1 Å². The van der Waals surface area contributed by atoms with Gasteiger partial charge in [0.1, 0.15) is 5.01 Å². The van der Waals surface area contributed by atoms with Gasteiger partial charge in [0.25, 0.3) is 0 Å². The van der Waals surface area contributed by atoms with Crippen LogP contribution in [0, 0.1) is 11.3 Å². The Morgan fingerprint density at radius 3 is 2.88 bits per heavy atom. The lowest BCUT2D eigenvalue weighted by atomic mass is 9.72. The number of piperidine rings is 1. The smallest absolute Gasteiger partial charge is 0.323 e. The molecular formula is C17H28N4O3S. The average Bonchev–Trinajstić information content (AvgIpc) is 3.10. The maximum atomic E-state index is 12.6. The van der Waals surface area contributed by atoms with Crippen molar-refractivity contribution in [1.82, 2.24) is 15.1 Å². The summed E-state index contributed by atoms with van der Waals surface area (Å²) in [6, 6.07) is -0.146. The molecule has 0 bridgehead atoms. The topological polar surface area (TPSA) is 87.6 Å². The molecule has 0 radical (unpaired) electrons. The lowest BCUT2D eigenvalue weighted by Crippen LogP contribution is -2.51. The molecule has 3 heterocycles. The van der Waals surface area contributed by atoms with Gasteiger partial charge in [-0.2, -0.15) is 0 Å². The Hall–Kier alpha value is -1.25. The van der Waals surface area contributed by atoms with Gasteiger partial charge in [-0.05, 0) is 31.6 Å². The highest BCUT2D eigenvalue weighted by molar-refractivity contribution is 7.15. The lowest BCUT2D eigenvalue weighted by molar-refractivity contribution is 0.0129. The molecule has 2 N–H and O–H groups in total. The van der Waals surface area contributed by atoms with Crippen LogP contribution in [-0.2, 0) is 4.74 Å². The number of nitrogens with zero attached hydrogens (tertiary/aromatic N) is 3. The van der Waals surface area contributed by atoms with E-state index in [-0.39, 0.29) is 18.1 Å². The van der Waals surface area contributed by atoms with Crippen molar-refractivity contribution < 1.29 is 14.6 Å². The first kappa shape index (κ1) is 18.5. The summed E-state index contributed by atoms with van der Waals surface area (Å²) in [7, 11) is 0. The lowest BCUT2D eigenvalue weighted by Gasteiger charge is -2.44. The molecule has 0 aromatic carbocycles. The Labute approximate surface area is 152 Å². The maximum absolute atomic E-state index is 12.6. The molecule has 0 saturated carbocycles. The van der Waals surface area contributed by atoms with Gasteiger partial charge in [0.2, 0.25) is 5.13 Å². The molecule has 0 spiro atoms. The molecule has 7 nitrogen and oxygen atoms in total. The molecule has 1 atom stereocenters. The van der Waals surface area contributed by atoms with Crippen LogP contribution in [0.2, 0.25) is 0 Å². The van der Waals surface area contributed by atoms with Crippen molar-refractivity contribution in [2.75, 3.05) is 38.2 Å². The van der Waals surface area contributed by atoms with Crippen molar-refractivity contribution in [3.63, 3.8) is 0 Å². The highest BCUT2D eigenvalue weighted by Crippen LogP contribution is 2.37. The number of amides is 2. The molecule has 25 heavy (non-hydrogen) atoms. The third-order valence-corrected chi connectivity index (χ3v) is 6.66. The van der Waals surface area contributed by atoms with E-state index in [0.717, 1.165) is 43.9 Å². The Kier molecular flexibility index (Phi) is 5.91. The second-order valence-corrected chi connectivity index (χ2v) is 8.47. The number of anilines is 1. The summed E-state index contributed by atoms with van der Waals surface area (Å²) in [6.45, 7) is 7.16. The standard InChI is InChI=1S/C17H28N4O3S/c1-12(2)17(11-22)6-3-7-21(10-17)16(23)18-15-20-19-14(25-15)13-4-8-24-9-5-13/h12-13,22H,3-11H2,1-2H3,(H,18,20,23). The van der Waals surface area contributed by atoms with Crippen LogP contribution in [0.25, 0.3) is 0 Å². The van der Waals surface area contributed by atoms with Gasteiger partial charge in [-0.3, -0.25) is 5.32 Å². The summed E-state index contributed by atoms with van der Waals surface area (Å²) in [5, 5.41) is 22.7. The van der Waals surface area contributed by atoms with Crippen molar-refractivity contribution in [3.05, 3.63) is 5.01 Å². The van der Waals surface area contributed by atoms with Crippen molar-refractivity contribution in [2.45, 2.75) is 45.4 Å². The molecule has 1 aromatic rings. The van der Waals surface area contributed by atoms with Crippen LogP contribution < -0.4 is 5.32 Å². The molecule has 2 saturated heterocycles. The second-order valence-electron chi connectivity index (χ2n) is 7.46. The highest BCUT2D eigenvalue weighted by Gasteiger charge is 2.39. The maximum Gasteiger partial charge on any atom is 0.323 e. The fourth-order valence-corrected chi connectivity index (χ4v) is 4.58. The third-order valence-electron chi connectivity index (χ3n) is 5.66. The summed E-state index contributed by atoms with van der Waals surface area (Å²) in [6.07, 6.45) is 3.79. The first-order valence-electron chi connectivity index (χ1n) is 9.12. The van der Waals surface area contributed by atoms with Crippen LogP contribution in [0.5, 0.6) is 0 Å². The average molecular weight is 369 g/mol. The second kappa shape index (κ2) is 7.97. The van der Waals surface area contributed by atoms with Gasteiger partial charge in [-0.25, -0.2) is 4.79 Å². The molecule has 8 heteroatoms. The van der Waals surface area contributed by atoms with Crippen LogP contribution in [-0.4, -0.2) is 59.1 Å². The fourth-order valence-electron chi connectivity index (χ4n) is 3.68. The van der Waals surface area contributed by atoms with Crippen LogP contribution >= 0.6 is 11.3 Å². The zero-order valence-corrected chi connectivity index (χ0v) is 15.8. The summed E-state index contributed by atoms with van der Waals surface area (Å²) in [5.41, 5.74) is -0.204. The van der Waals surface area contributed by atoms with E-state index in [1.54, 1.807) is 4.90 Å². The SMILES string of the molecule is CC(C)C1(CO)CCCN(C(=O)Nc2nnc(C3CCOCC3)s2)C1. The van der Waals surface area contributed by atoms with Crippen LogP contribution in [0.4, 0.5) is 9.93 Å². The van der Waals surface area contributed by atoms with E-state index < -0.39 is 0 Å². The van der Waals surface area contributed by atoms with Gasteiger partial charge >= 0.3 is 6.03 Å². The van der Waals surface area contributed by atoms with E-state index in [1.807, 2.05) is 0 Å². The summed E-state index contributed by atoms with van der Waals surface area (Å²) in [4.78, 5) is 14.4. The number of urea groups is 1. The quantitative estimate of drug-likeness (QED) is 0.853. The van der Waals surface area contributed by atoms with Gasteiger partial charge in [0, 0.05) is 37.6 Å². The number of aromatic nitrogens is 2. The molecule has 1 unspecified atom stereocenters. The number of hydrogen-bond acceptors (Lipinski definition) is 6. The summed E-state index contributed by atoms with van der Waals surface area (Å²) >= 11 is 1.46. The molecule has 140 valence electrons. The number of ether oxygens (including phenoxy) is 1. The Balaban J connectivity index is 1.61. The van der Waals surface area contributed by atoms with Gasteiger partial charge in [0.05, 0.1) is 6.61 Å². The molecule has 2 fully saturated rings. The predicted octanol–water partition coefficient (Wildman–Crippen LogP) is 2.69. The minimum Gasteiger partial charge on any atom is -0.396 e. The first-order valence-corrected chi connectivity index (χ1v) is 9.93. The zero-order chi connectivity index (χ0) is 17.9. The van der Waals surface area contributed by atoms with Gasteiger partial charge in [0.15, 0.2) is 0 Å². The van der Waals surface area contributed by atoms with Crippen molar-refractivity contribution in [2.24, 2.45) is 11.3 Å². The van der Waals surface area contributed by atoms with Crippen molar-refractivity contribution in [1.29, 1.82) is 0 Å². The van der Waals surface area contributed by atoms with Gasteiger partial charge in [-0.15, -0.1) is 10.2 Å². The number of carbonyl (C=O) groups excluding carboxylic acids is 1. The molecular weight excluding hydrogens is 340 g/mol. The number of aliphatic hydroxyl groups is 1. The largest absolute Gasteiger partial charge is 0.396 e. The minimum absolute atomic E-state index is 0.112. The van der Waals surface area contributed by atoms with Crippen molar-refractivity contribution in [3.8, 4) is 0 Å². The molecule has 2 aliphatic heterocycles. The van der Waals surface area contributed by atoms with Crippen LogP contribution in [0.1, 0.15) is 50.5 Å². The van der Waals surface area contributed by atoms with E-state index in [1.165, 1.54) is 11.3 Å². The molecule has 3 rings (SSSR count). The minimum atomic E-state index is -0.204. The monoisotopic (exact) mass is 368 g/mol. The van der Waals surface area contributed by atoms with Crippen LogP contribution in [0.15, 0.2) is 0 Å². The van der Waals surface area contributed by atoms with E-state index >= 15 is 0 Å². The number of hydrogen-bond donors (Lipinski definition) is 2. The molecule has 1 aromatic heterocycles. The first-order chi connectivity index (χ1) is 12.0. The van der Waals surface area contributed by atoms with Gasteiger partial charge < -0.3 is 14.7 Å². The predicted molar refractivity (Wildman–Crippen MR) is 96.9 cm³/mol. The number of rotatable bonds is 4. The number of carbonyl (C=O) groups is 1. The van der Waals surface area contributed by atoms with E-state index in [9.17, 15) is 9.90 Å². The number of aliphatic hydroxyl groups excluding tert-OH is 1. The summed E-state index contributed by atoms with van der Waals surface area (Å²) < 4.78 is 5.38. The van der Waals surface area contributed by atoms with E-state index in [2.05, 4.69) is 29.4 Å². The number of nitrogens with one attached hydrogen (secondary N) is 1. The van der Waals surface area contributed by atoms with E-state index in [4.69, 9.17) is 4.74 Å². The summed E-state index contributed by atoms with van der Waals surface area (Å²) in [5.74, 6) is 0.713. The zero-order valence-electron chi connectivity index (χ0n) is 15.0. The Morgan fingerprint density at radius 1 is 1.44 bits per heavy atom. The highest BCUT2D eigenvalue weighted by atomic mass is 32.1. The van der Waals surface area contributed by atoms with Crippen molar-refractivity contribution >= 4 is 22.5 Å². The van der Waals surface area contributed by atoms with Gasteiger partial charge in [-0.1, -0.05) is 25.2 Å². The normalized spacial score (nSPS) is 25.4. The fraction of sp³-hybridized carbons (Fsp3) is 0.824. The number of likely N-dealkylation sites (tertiary alicyclic amines) is 1. The Bertz CT molecular complexity index is 588. The van der Waals surface area contributed by atoms with Crippen LogP contribution in [0.3, 0.4) is 0 Å². The Morgan fingerprint density at radius 2 is 2.20 bits per heavy atom. The molecule has 2 aliphatic rings. The molecule has 0 aliphatic carbocycles. The molecule has 2 amide bonds. The third kappa shape index (κ3) is 4.12.